The molecule has 288 valence electrons. The van der Waals surface area contributed by atoms with E-state index in [2.05, 4.69) is 9.64 Å². The first-order valence-electron chi connectivity index (χ1n) is 16.7. The van der Waals surface area contributed by atoms with Crippen LogP contribution in [-0.2, 0) is 71.0 Å². The van der Waals surface area contributed by atoms with Crippen molar-refractivity contribution in [1.29, 1.82) is 0 Å². The van der Waals surface area contributed by atoms with Gasteiger partial charge in [0.2, 0.25) is 12.2 Å². The molecule has 19 nitrogen and oxygen atoms in total. The van der Waals surface area contributed by atoms with E-state index in [1.807, 2.05) is 13.1 Å². The molecule has 19 heteroatoms. The Balaban J connectivity index is 1.38. The minimum absolute atomic E-state index is 0.0269. The van der Waals surface area contributed by atoms with E-state index in [1.54, 1.807) is 6.07 Å². The highest BCUT2D eigenvalue weighted by atomic mass is 16.6. The number of aliphatic hydroxyl groups is 3. The van der Waals surface area contributed by atoms with Gasteiger partial charge >= 0.3 is 41.8 Å². The molecule has 2 heterocycles. The Morgan fingerprint density at radius 2 is 1.66 bits per heavy atom. The number of esters is 4. The van der Waals surface area contributed by atoms with Crippen LogP contribution in [0.3, 0.4) is 0 Å². The van der Waals surface area contributed by atoms with Gasteiger partial charge < -0.3 is 59.2 Å². The Kier molecular flexibility index (Phi) is 11.1. The van der Waals surface area contributed by atoms with Gasteiger partial charge in [-0.05, 0) is 51.4 Å². The van der Waals surface area contributed by atoms with Crippen molar-refractivity contribution >= 4 is 41.8 Å². The van der Waals surface area contributed by atoms with Crippen LogP contribution in [-0.4, -0.2) is 133 Å². The van der Waals surface area contributed by atoms with Crippen LogP contribution in [0, 0.1) is 0 Å². The molecular formula is C34H39NO18. The van der Waals surface area contributed by atoms with Gasteiger partial charge in [0.1, 0.15) is 11.5 Å². The highest BCUT2D eigenvalue weighted by Gasteiger charge is 2.70. The van der Waals surface area contributed by atoms with Gasteiger partial charge in [0, 0.05) is 23.6 Å². The highest BCUT2D eigenvalue weighted by Crippen LogP contribution is 2.64. The second-order valence-electron chi connectivity index (χ2n) is 13.4. The second kappa shape index (κ2) is 15.1. The summed E-state index contributed by atoms with van der Waals surface area (Å²) >= 11 is 0. The predicted octanol–water partition coefficient (Wildman–Crippen LogP) is -1.07. The first-order chi connectivity index (χ1) is 24.9. The third-order valence-corrected chi connectivity index (χ3v) is 10.1. The summed E-state index contributed by atoms with van der Waals surface area (Å²) in [6, 6.07) is 3.26. The lowest BCUT2D eigenvalue weighted by molar-refractivity contribution is -0.185. The van der Waals surface area contributed by atoms with Crippen LogP contribution in [0.5, 0.6) is 5.75 Å². The third-order valence-electron chi connectivity index (χ3n) is 10.1. The van der Waals surface area contributed by atoms with Crippen molar-refractivity contribution in [2.75, 3.05) is 13.6 Å². The SMILES string of the molecule is C[C@H](OC(=O)[C@H](CC(=O)OC1=CC[C@@]2(O)[C@H]3Cc4ccc(CO)c5c4[C@@]2(CCCN3C)[C@H]1O5)OC(=O)C[C@H](O)C(=O)O)C(=O)O[C@H](CC(=O)O)C(=O)O. The average molecular weight is 750 g/mol. The number of rotatable bonds is 15. The number of hydrogen-bond donors (Lipinski definition) is 6. The lowest BCUT2D eigenvalue weighted by atomic mass is 9.52. The molecule has 0 saturated carbocycles. The Morgan fingerprint density at radius 3 is 2.30 bits per heavy atom. The van der Waals surface area contributed by atoms with Crippen LogP contribution in [0.25, 0.3) is 0 Å². The lowest BCUT2D eigenvalue weighted by Crippen LogP contribution is -2.69. The Morgan fingerprint density at radius 1 is 0.943 bits per heavy atom. The molecule has 0 radical (unpaired) electrons. The molecule has 4 aliphatic rings. The standard InChI is InChI=1S/C34H39NO18/c1-15(31(46)52-20(30(44)45)12-23(38)39)49-32(47)21(51-24(40)11-18(37)29(42)43)13-25(41)50-19-6-8-34(48)22-10-16-4-5-17(14-36)27-26(16)33(34,28(19)53-27)7-3-9-35(22)2/h4-6,15,18,20-22,28,36-37,48H,3,7-14H2,1-2H3,(H,38,39)(H,42,43)(H,44,45)/t15-,18-,20+,21-,22+,28-,33-,34+/m0/s1. The van der Waals surface area contributed by atoms with Crippen molar-refractivity contribution in [3.63, 3.8) is 0 Å². The molecular weight excluding hydrogens is 710 g/mol. The number of carbonyl (C=O) groups is 7. The zero-order valence-corrected chi connectivity index (χ0v) is 28.6. The first kappa shape index (κ1) is 39.1. The fraction of sp³-hybridized carbons (Fsp3) is 0.559. The fourth-order valence-corrected chi connectivity index (χ4v) is 7.71. The van der Waals surface area contributed by atoms with E-state index >= 15 is 0 Å². The summed E-state index contributed by atoms with van der Waals surface area (Å²) in [6.45, 7) is 1.20. The number of nitrogens with zero attached hydrogens (tertiary/aromatic N) is 1. The van der Waals surface area contributed by atoms with E-state index in [0.29, 0.717) is 42.7 Å². The molecule has 8 atom stereocenters. The van der Waals surface area contributed by atoms with E-state index < -0.39 is 103 Å². The molecule has 53 heavy (non-hydrogen) atoms. The number of likely N-dealkylation sites (N-methyl/N-ethyl adjacent to an activating group) is 1. The second-order valence-corrected chi connectivity index (χ2v) is 13.4. The summed E-state index contributed by atoms with van der Waals surface area (Å²) < 4.78 is 26.7. The Bertz CT molecular complexity index is 1740. The van der Waals surface area contributed by atoms with Gasteiger partial charge in [0.25, 0.3) is 0 Å². The molecule has 1 aromatic rings. The van der Waals surface area contributed by atoms with Crippen LogP contribution in [0.4, 0.5) is 0 Å². The van der Waals surface area contributed by atoms with Crippen LogP contribution in [0.1, 0.15) is 62.1 Å². The maximum Gasteiger partial charge on any atom is 0.348 e. The van der Waals surface area contributed by atoms with Crippen LogP contribution in [0.15, 0.2) is 24.0 Å². The van der Waals surface area contributed by atoms with Crippen molar-refractivity contribution in [3.05, 3.63) is 40.7 Å². The Labute approximate surface area is 300 Å². The Hall–Kier alpha value is -5.11. The zero-order valence-electron chi connectivity index (χ0n) is 28.6. The third kappa shape index (κ3) is 7.28. The predicted molar refractivity (Wildman–Crippen MR) is 170 cm³/mol. The summed E-state index contributed by atoms with van der Waals surface area (Å²) in [4.78, 5) is 87.1. The minimum atomic E-state index is -2.25. The van der Waals surface area contributed by atoms with Crippen LogP contribution < -0.4 is 4.74 Å². The molecule has 1 spiro atoms. The van der Waals surface area contributed by atoms with E-state index in [0.717, 1.165) is 12.5 Å². The smallest absolute Gasteiger partial charge is 0.348 e. The van der Waals surface area contributed by atoms with Gasteiger partial charge in [-0.3, -0.25) is 14.4 Å². The van der Waals surface area contributed by atoms with E-state index in [-0.39, 0.29) is 24.8 Å². The zero-order chi connectivity index (χ0) is 39.0. The van der Waals surface area contributed by atoms with Crippen LogP contribution in [0.2, 0.25) is 0 Å². The summed E-state index contributed by atoms with van der Waals surface area (Å²) in [5, 5.41) is 59.3. The van der Waals surface area contributed by atoms with Gasteiger partial charge in [0.05, 0.1) is 36.9 Å². The number of carboxylic acids is 3. The summed E-state index contributed by atoms with van der Waals surface area (Å²) in [5.74, 6) is -10.6. The first-order valence-corrected chi connectivity index (χ1v) is 16.7. The van der Waals surface area contributed by atoms with Crippen molar-refractivity contribution in [3.8, 4) is 5.75 Å². The number of aliphatic hydroxyl groups excluding tert-OH is 2. The maximum absolute atomic E-state index is 13.5. The van der Waals surface area contributed by atoms with Crippen LogP contribution >= 0.6 is 0 Å². The summed E-state index contributed by atoms with van der Waals surface area (Å²) in [6.07, 6.45) is -9.91. The largest absolute Gasteiger partial charge is 0.481 e. The molecule has 1 fully saturated rings. The van der Waals surface area contributed by atoms with Gasteiger partial charge in [-0.15, -0.1) is 0 Å². The number of hydrogen-bond acceptors (Lipinski definition) is 16. The number of likely N-dealkylation sites (tertiary alicyclic amines) is 1. The molecule has 1 saturated heterocycles. The molecule has 0 amide bonds. The molecule has 2 aliphatic heterocycles. The molecule has 6 N–H and O–H groups in total. The van der Waals surface area contributed by atoms with Crippen molar-refractivity contribution in [2.24, 2.45) is 0 Å². The highest BCUT2D eigenvalue weighted by molar-refractivity contribution is 5.89. The molecule has 2 aliphatic carbocycles. The van der Waals surface area contributed by atoms with E-state index in [9.17, 15) is 48.9 Å². The number of ether oxygens (including phenoxy) is 5. The monoisotopic (exact) mass is 749 g/mol. The average Bonchev–Trinajstić information content (AvgIpc) is 3.42. The van der Waals surface area contributed by atoms with E-state index in [1.165, 1.54) is 6.08 Å². The molecule has 0 aromatic heterocycles. The van der Waals surface area contributed by atoms with Gasteiger partial charge in [0.15, 0.2) is 18.3 Å². The lowest BCUT2D eigenvalue weighted by Gasteiger charge is -2.56. The van der Waals surface area contributed by atoms with Gasteiger partial charge in [-0.25, -0.2) is 19.2 Å². The van der Waals surface area contributed by atoms with Gasteiger partial charge in [-0.1, -0.05) is 12.1 Å². The quantitative estimate of drug-likeness (QED) is 0.0919. The molecule has 0 unspecified atom stereocenters. The van der Waals surface area contributed by atoms with Gasteiger partial charge in [-0.2, -0.15) is 0 Å². The van der Waals surface area contributed by atoms with Crippen molar-refractivity contribution in [1.82, 2.24) is 4.90 Å². The van der Waals surface area contributed by atoms with E-state index in [4.69, 9.17) is 34.3 Å². The minimum Gasteiger partial charge on any atom is -0.481 e. The molecule has 1 aromatic carbocycles. The number of carbonyl (C=O) groups excluding carboxylic acids is 4. The molecule has 5 rings (SSSR count). The number of benzene rings is 1. The maximum atomic E-state index is 13.5. The number of aliphatic carboxylic acids is 3. The molecule has 2 bridgehead atoms. The summed E-state index contributed by atoms with van der Waals surface area (Å²) in [7, 11) is 1.91. The normalized spacial score (nSPS) is 26.2. The topological polar surface area (TPSA) is 290 Å². The summed E-state index contributed by atoms with van der Waals surface area (Å²) in [5.41, 5.74) is -0.415. The number of carboxylic acid groups (broad SMARTS) is 3. The van der Waals surface area contributed by atoms with Crippen molar-refractivity contribution < 1.29 is 87.9 Å². The van der Waals surface area contributed by atoms with Crippen molar-refractivity contribution in [2.45, 2.75) is 106 Å². The fourth-order valence-electron chi connectivity index (χ4n) is 7.71.